The predicted molar refractivity (Wildman–Crippen MR) is 111 cm³/mol. The normalized spacial score (nSPS) is 11.2. The van der Waals surface area contributed by atoms with Crippen molar-refractivity contribution >= 4 is 23.2 Å². The summed E-state index contributed by atoms with van der Waals surface area (Å²) >= 11 is 0. The molecule has 3 aromatic rings. The molecule has 0 fully saturated rings. The van der Waals surface area contributed by atoms with Crippen LogP contribution in [-0.4, -0.2) is 21.2 Å². The first kappa shape index (κ1) is 19.3. The molecule has 7 heteroatoms. The number of rotatable bonds is 6. The van der Waals surface area contributed by atoms with Gasteiger partial charge in [-0.3, -0.25) is 9.89 Å². The van der Waals surface area contributed by atoms with Crippen molar-refractivity contribution in [1.82, 2.24) is 10.2 Å². The highest BCUT2D eigenvalue weighted by atomic mass is 16.3. The summed E-state index contributed by atoms with van der Waals surface area (Å²) < 4.78 is 0. The van der Waals surface area contributed by atoms with Crippen LogP contribution in [0.3, 0.4) is 0 Å². The van der Waals surface area contributed by atoms with E-state index < -0.39 is 5.91 Å². The summed E-state index contributed by atoms with van der Waals surface area (Å²) in [5.41, 5.74) is 8.87. The van der Waals surface area contributed by atoms with E-state index in [-0.39, 0.29) is 16.7 Å². The monoisotopic (exact) mass is 379 g/mol. The topological polar surface area (TPSA) is 116 Å². The maximum Gasteiger partial charge on any atom is 0.256 e. The second-order valence-electron chi connectivity index (χ2n) is 7.66. The van der Waals surface area contributed by atoms with Crippen LogP contribution in [-0.2, 0) is 12.0 Å². The van der Waals surface area contributed by atoms with Crippen LogP contribution in [0.15, 0.2) is 48.5 Å². The predicted octanol–water partition coefficient (Wildman–Crippen LogP) is 3.87. The van der Waals surface area contributed by atoms with Gasteiger partial charge in [-0.1, -0.05) is 45.0 Å². The van der Waals surface area contributed by atoms with Crippen molar-refractivity contribution in [3.63, 3.8) is 0 Å². The number of aromatic amines is 1. The third kappa shape index (κ3) is 4.43. The van der Waals surface area contributed by atoms with Gasteiger partial charge in [-0.25, -0.2) is 0 Å². The van der Waals surface area contributed by atoms with Crippen molar-refractivity contribution in [2.45, 2.75) is 32.7 Å². The van der Waals surface area contributed by atoms with Crippen LogP contribution in [0.1, 0.15) is 42.3 Å². The molecule has 0 saturated heterocycles. The Morgan fingerprint density at radius 3 is 2.32 bits per heavy atom. The third-order valence-electron chi connectivity index (χ3n) is 4.43. The summed E-state index contributed by atoms with van der Waals surface area (Å²) in [6.07, 6.45) is 0. The number of anilines is 3. The van der Waals surface area contributed by atoms with E-state index in [2.05, 4.69) is 41.6 Å². The molecule has 0 unspecified atom stereocenters. The van der Waals surface area contributed by atoms with Crippen LogP contribution >= 0.6 is 0 Å². The van der Waals surface area contributed by atoms with Crippen molar-refractivity contribution < 1.29 is 9.90 Å². The van der Waals surface area contributed by atoms with E-state index in [1.807, 2.05) is 24.3 Å². The average Bonchev–Trinajstić information content (AvgIpc) is 3.04. The lowest BCUT2D eigenvalue weighted by atomic mass is 9.87. The largest absolute Gasteiger partial charge is 0.508 e. The summed E-state index contributed by atoms with van der Waals surface area (Å²) in [6, 6.07) is 14.8. The molecule has 0 aliphatic carbocycles. The van der Waals surface area contributed by atoms with E-state index in [0.29, 0.717) is 18.2 Å². The van der Waals surface area contributed by atoms with E-state index in [1.165, 1.54) is 5.56 Å². The Kier molecular flexibility index (Phi) is 5.26. The Morgan fingerprint density at radius 2 is 1.75 bits per heavy atom. The third-order valence-corrected chi connectivity index (χ3v) is 4.43. The highest BCUT2D eigenvalue weighted by Gasteiger charge is 2.19. The molecule has 0 atom stereocenters. The van der Waals surface area contributed by atoms with Crippen LogP contribution < -0.4 is 16.4 Å². The molecule has 0 radical (unpaired) electrons. The molecule has 0 aliphatic heterocycles. The maximum absolute atomic E-state index is 12.0. The molecular weight excluding hydrogens is 354 g/mol. The van der Waals surface area contributed by atoms with E-state index in [1.54, 1.807) is 24.3 Å². The van der Waals surface area contributed by atoms with Gasteiger partial charge in [0.1, 0.15) is 17.1 Å². The molecule has 1 amide bonds. The number of hydrogen-bond acceptors (Lipinski definition) is 5. The minimum absolute atomic E-state index is 0.0657. The number of benzene rings is 2. The highest BCUT2D eigenvalue weighted by molar-refractivity contribution is 6.03. The molecule has 28 heavy (non-hydrogen) atoms. The maximum atomic E-state index is 12.0. The lowest BCUT2D eigenvalue weighted by molar-refractivity contribution is 0.100. The SMILES string of the molecule is CC(C)(C)c1ccc(Nc2[nH]nc(NCc3ccc(O)cc3)c2C(N)=O)cc1. The number of nitrogens with two attached hydrogens (primary N) is 1. The zero-order valence-electron chi connectivity index (χ0n) is 16.2. The fourth-order valence-electron chi connectivity index (χ4n) is 2.80. The summed E-state index contributed by atoms with van der Waals surface area (Å²) in [5, 5.41) is 22.6. The standard InChI is InChI=1S/C21H25N5O2/c1-21(2,3)14-6-8-15(9-7-14)24-20-17(18(22)28)19(25-26-20)23-12-13-4-10-16(27)11-5-13/h4-11,27H,12H2,1-3H3,(H2,22,28)(H3,23,24,25,26). The summed E-state index contributed by atoms with van der Waals surface area (Å²) in [6.45, 7) is 6.90. The van der Waals surface area contributed by atoms with Crippen LogP contribution in [0.4, 0.5) is 17.3 Å². The highest BCUT2D eigenvalue weighted by Crippen LogP contribution is 2.27. The number of carbonyl (C=O) groups excluding carboxylic acids is 1. The number of nitrogens with one attached hydrogen (secondary N) is 3. The summed E-state index contributed by atoms with van der Waals surface area (Å²) in [4.78, 5) is 12.0. The number of phenols is 1. The number of nitrogens with zero attached hydrogens (tertiary/aromatic N) is 1. The molecule has 6 N–H and O–H groups in total. The van der Waals surface area contributed by atoms with Gasteiger partial charge in [-0.2, -0.15) is 5.10 Å². The van der Waals surface area contributed by atoms with Crippen molar-refractivity contribution in [3.05, 3.63) is 65.2 Å². The second kappa shape index (κ2) is 7.64. The molecular formula is C21H25N5O2. The van der Waals surface area contributed by atoms with Gasteiger partial charge in [-0.05, 0) is 40.8 Å². The minimum atomic E-state index is -0.587. The molecule has 0 bridgehead atoms. The van der Waals surface area contributed by atoms with Crippen molar-refractivity contribution in [1.29, 1.82) is 0 Å². The van der Waals surface area contributed by atoms with Crippen molar-refractivity contribution in [2.24, 2.45) is 5.73 Å². The first-order valence-electron chi connectivity index (χ1n) is 9.01. The number of carbonyl (C=O) groups is 1. The van der Waals surface area contributed by atoms with Gasteiger partial charge in [0.05, 0.1) is 0 Å². The molecule has 0 saturated carbocycles. The summed E-state index contributed by atoms with van der Waals surface area (Å²) in [7, 11) is 0. The number of primary amides is 1. The van der Waals surface area contributed by atoms with E-state index in [9.17, 15) is 9.90 Å². The minimum Gasteiger partial charge on any atom is -0.508 e. The van der Waals surface area contributed by atoms with Gasteiger partial charge in [0, 0.05) is 12.2 Å². The lowest BCUT2D eigenvalue weighted by Crippen LogP contribution is -2.15. The van der Waals surface area contributed by atoms with Crippen LogP contribution in [0.25, 0.3) is 0 Å². The second-order valence-corrected chi connectivity index (χ2v) is 7.66. The molecule has 146 valence electrons. The Bertz CT molecular complexity index is 954. The number of aromatic hydroxyl groups is 1. The average molecular weight is 379 g/mol. The van der Waals surface area contributed by atoms with Crippen LogP contribution in [0.5, 0.6) is 5.75 Å². The first-order chi connectivity index (χ1) is 13.2. The van der Waals surface area contributed by atoms with E-state index >= 15 is 0 Å². The number of amides is 1. The molecule has 0 spiro atoms. The first-order valence-corrected chi connectivity index (χ1v) is 9.01. The fraction of sp³-hybridized carbons (Fsp3) is 0.238. The number of aromatic nitrogens is 2. The number of H-pyrrole nitrogens is 1. The van der Waals surface area contributed by atoms with Crippen LogP contribution in [0.2, 0.25) is 0 Å². The van der Waals surface area contributed by atoms with Crippen molar-refractivity contribution in [2.75, 3.05) is 10.6 Å². The Labute approximate surface area is 164 Å². The van der Waals surface area contributed by atoms with Gasteiger partial charge in [0.2, 0.25) is 0 Å². The summed E-state index contributed by atoms with van der Waals surface area (Å²) in [5.74, 6) is 0.416. The smallest absolute Gasteiger partial charge is 0.256 e. The van der Waals surface area contributed by atoms with E-state index in [4.69, 9.17) is 5.73 Å². The Hall–Kier alpha value is -3.48. The Balaban J connectivity index is 1.77. The van der Waals surface area contributed by atoms with E-state index in [0.717, 1.165) is 11.3 Å². The fourth-order valence-corrected chi connectivity index (χ4v) is 2.80. The molecule has 1 aromatic heterocycles. The molecule has 2 aromatic carbocycles. The zero-order valence-corrected chi connectivity index (χ0v) is 16.2. The lowest BCUT2D eigenvalue weighted by Gasteiger charge is -2.19. The van der Waals surface area contributed by atoms with Crippen molar-refractivity contribution in [3.8, 4) is 5.75 Å². The van der Waals surface area contributed by atoms with Gasteiger partial charge in [0.15, 0.2) is 5.82 Å². The number of hydrogen-bond donors (Lipinski definition) is 5. The van der Waals surface area contributed by atoms with Gasteiger partial charge in [0.25, 0.3) is 5.91 Å². The van der Waals surface area contributed by atoms with Gasteiger partial charge >= 0.3 is 0 Å². The number of phenolic OH excluding ortho intramolecular Hbond substituents is 1. The molecule has 1 heterocycles. The van der Waals surface area contributed by atoms with Gasteiger partial charge < -0.3 is 21.5 Å². The molecule has 3 rings (SSSR count). The van der Waals surface area contributed by atoms with Gasteiger partial charge in [-0.15, -0.1) is 0 Å². The molecule has 7 nitrogen and oxygen atoms in total. The van der Waals surface area contributed by atoms with Crippen LogP contribution in [0, 0.1) is 0 Å². The quantitative estimate of drug-likeness (QED) is 0.446. The molecule has 0 aliphatic rings. The zero-order chi connectivity index (χ0) is 20.3. The Morgan fingerprint density at radius 1 is 1.11 bits per heavy atom.